The molecule has 0 aliphatic heterocycles. The average molecular weight is 459 g/mol. The number of hydrogen-bond donors (Lipinski definition) is 2. The third-order valence-electron chi connectivity index (χ3n) is 3.50. The van der Waals surface area contributed by atoms with Crippen molar-refractivity contribution in [1.29, 1.82) is 0 Å². The van der Waals surface area contributed by atoms with Gasteiger partial charge in [-0.05, 0) is 23.8 Å². The van der Waals surface area contributed by atoms with Crippen molar-refractivity contribution in [2.45, 2.75) is 13.1 Å². The maximum Gasteiger partial charge on any atom is 0.191 e. The molecule has 7 nitrogen and oxygen atoms in total. The van der Waals surface area contributed by atoms with Gasteiger partial charge in [-0.2, -0.15) is 5.10 Å². The van der Waals surface area contributed by atoms with E-state index in [1.165, 1.54) is 0 Å². The highest BCUT2D eigenvalue weighted by Crippen LogP contribution is 2.13. The molecule has 0 bridgehead atoms. The average Bonchev–Trinajstić information content (AvgIpc) is 3.01. The number of nitrogens with zero attached hydrogens (tertiary/aromatic N) is 3. The molecule has 8 heteroatoms. The van der Waals surface area contributed by atoms with Gasteiger partial charge in [-0.15, -0.1) is 24.0 Å². The predicted octanol–water partition coefficient (Wildman–Crippen LogP) is 1.93. The Morgan fingerprint density at radius 1 is 1.20 bits per heavy atom. The van der Waals surface area contributed by atoms with Gasteiger partial charge < -0.3 is 20.1 Å². The Morgan fingerprint density at radius 2 is 2.00 bits per heavy atom. The molecule has 1 heterocycles. The van der Waals surface area contributed by atoms with Crippen molar-refractivity contribution < 1.29 is 9.47 Å². The third-order valence-corrected chi connectivity index (χ3v) is 3.50. The van der Waals surface area contributed by atoms with Gasteiger partial charge in [0.2, 0.25) is 0 Å². The van der Waals surface area contributed by atoms with Crippen molar-refractivity contribution >= 4 is 29.9 Å². The van der Waals surface area contributed by atoms with Crippen LogP contribution in [-0.4, -0.2) is 43.1 Å². The number of aliphatic imine (C=N–C) groups is 1. The minimum atomic E-state index is 0. The second-order valence-electron chi connectivity index (χ2n) is 5.21. The molecule has 0 radical (unpaired) electrons. The summed E-state index contributed by atoms with van der Waals surface area (Å²) in [7, 11) is 5.33. The first-order valence-electron chi connectivity index (χ1n) is 7.85. The number of aromatic nitrogens is 2. The quantitative estimate of drug-likeness (QED) is 0.273. The Labute approximate surface area is 165 Å². The van der Waals surface area contributed by atoms with Crippen LogP contribution in [0, 0.1) is 0 Å². The molecule has 2 rings (SSSR count). The van der Waals surface area contributed by atoms with Crippen molar-refractivity contribution in [3.8, 4) is 5.75 Å². The van der Waals surface area contributed by atoms with Crippen LogP contribution in [0.5, 0.6) is 5.75 Å². The van der Waals surface area contributed by atoms with E-state index in [1.807, 2.05) is 42.1 Å². The Hall–Kier alpha value is -1.81. The normalized spacial score (nSPS) is 10.9. The van der Waals surface area contributed by atoms with Crippen molar-refractivity contribution in [3.63, 3.8) is 0 Å². The standard InChI is InChI=1S/C17H25N5O2.HI/c1-18-17(20-13-15-7-8-21-22(15)2)19-12-14-5-4-6-16(11-14)24-10-9-23-3;/h4-8,11H,9-10,12-13H2,1-3H3,(H2,18,19,20);1H. The Balaban J connectivity index is 0.00000312. The summed E-state index contributed by atoms with van der Waals surface area (Å²) in [6.07, 6.45) is 1.78. The monoisotopic (exact) mass is 459 g/mol. The van der Waals surface area contributed by atoms with Gasteiger partial charge in [0.05, 0.1) is 18.8 Å². The molecule has 0 aliphatic rings. The highest BCUT2D eigenvalue weighted by molar-refractivity contribution is 14.0. The number of halogens is 1. The van der Waals surface area contributed by atoms with Gasteiger partial charge in [0.15, 0.2) is 5.96 Å². The largest absolute Gasteiger partial charge is 0.491 e. The van der Waals surface area contributed by atoms with Crippen LogP contribution in [0.3, 0.4) is 0 Å². The van der Waals surface area contributed by atoms with E-state index in [1.54, 1.807) is 20.4 Å². The van der Waals surface area contributed by atoms with Gasteiger partial charge in [-0.1, -0.05) is 12.1 Å². The van der Waals surface area contributed by atoms with Crippen LogP contribution >= 0.6 is 24.0 Å². The van der Waals surface area contributed by atoms with E-state index in [2.05, 4.69) is 20.7 Å². The molecule has 2 N–H and O–H groups in total. The van der Waals surface area contributed by atoms with Crippen LogP contribution < -0.4 is 15.4 Å². The van der Waals surface area contributed by atoms with Gasteiger partial charge in [-0.3, -0.25) is 9.67 Å². The van der Waals surface area contributed by atoms with Gasteiger partial charge >= 0.3 is 0 Å². The van der Waals surface area contributed by atoms with Crippen molar-refractivity contribution in [2.75, 3.05) is 27.4 Å². The number of benzene rings is 1. The van der Waals surface area contributed by atoms with E-state index in [0.29, 0.717) is 26.3 Å². The summed E-state index contributed by atoms with van der Waals surface area (Å²) in [5.74, 6) is 1.58. The molecule has 0 fully saturated rings. The smallest absolute Gasteiger partial charge is 0.191 e. The summed E-state index contributed by atoms with van der Waals surface area (Å²) in [5.41, 5.74) is 2.21. The summed E-state index contributed by atoms with van der Waals surface area (Å²) >= 11 is 0. The molecular formula is C17H26IN5O2. The van der Waals surface area contributed by atoms with Gasteiger partial charge in [0, 0.05) is 33.9 Å². The van der Waals surface area contributed by atoms with Crippen molar-refractivity contribution in [3.05, 3.63) is 47.8 Å². The molecule has 0 spiro atoms. The van der Waals surface area contributed by atoms with E-state index in [9.17, 15) is 0 Å². The number of guanidine groups is 1. The highest BCUT2D eigenvalue weighted by Gasteiger charge is 2.02. The molecule has 0 atom stereocenters. The van der Waals surface area contributed by atoms with E-state index in [4.69, 9.17) is 9.47 Å². The summed E-state index contributed by atoms with van der Waals surface area (Å²) in [6, 6.07) is 9.95. The number of hydrogen-bond acceptors (Lipinski definition) is 4. The molecule has 2 aromatic rings. The molecule has 0 saturated heterocycles. The fraction of sp³-hybridized carbons (Fsp3) is 0.412. The molecule has 25 heavy (non-hydrogen) atoms. The minimum absolute atomic E-state index is 0. The van der Waals surface area contributed by atoms with Gasteiger partial charge in [-0.25, -0.2) is 0 Å². The summed E-state index contributed by atoms with van der Waals surface area (Å²) in [5, 5.41) is 10.7. The zero-order chi connectivity index (χ0) is 17.2. The number of nitrogens with one attached hydrogen (secondary N) is 2. The number of ether oxygens (including phenoxy) is 2. The molecule has 0 amide bonds. The first kappa shape index (κ1) is 21.2. The summed E-state index contributed by atoms with van der Waals surface area (Å²) in [6.45, 7) is 2.44. The number of rotatable bonds is 8. The molecule has 1 aromatic carbocycles. The van der Waals surface area contributed by atoms with E-state index >= 15 is 0 Å². The Morgan fingerprint density at radius 3 is 2.68 bits per heavy atom. The van der Waals surface area contributed by atoms with Crippen LogP contribution in [0.25, 0.3) is 0 Å². The zero-order valence-electron chi connectivity index (χ0n) is 14.9. The molecular weight excluding hydrogens is 433 g/mol. The molecule has 138 valence electrons. The lowest BCUT2D eigenvalue weighted by Crippen LogP contribution is -2.36. The Bertz CT molecular complexity index is 660. The first-order valence-corrected chi connectivity index (χ1v) is 7.85. The zero-order valence-corrected chi connectivity index (χ0v) is 17.2. The topological polar surface area (TPSA) is 72.7 Å². The lowest BCUT2D eigenvalue weighted by molar-refractivity contribution is 0.146. The first-order chi connectivity index (χ1) is 11.7. The fourth-order valence-electron chi connectivity index (χ4n) is 2.14. The van der Waals surface area contributed by atoms with Crippen LogP contribution in [0.4, 0.5) is 0 Å². The van der Waals surface area contributed by atoms with Crippen LogP contribution in [-0.2, 0) is 24.9 Å². The van der Waals surface area contributed by atoms with E-state index in [-0.39, 0.29) is 24.0 Å². The number of aryl methyl sites for hydroxylation is 1. The maximum absolute atomic E-state index is 5.62. The molecule has 0 aliphatic carbocycles. The third kappa shape index (κ3) is 7.30. The molecule has 1 aromatic heterocycles. The van der Waals surface area contributed by atoms with Gasteiger partial charge in [0.25, 0.3) is 0 Å². The van der Waals surface area contributed by atoms with Crippen LogP contribution in [0.1, 0.15) is 11.3 Å². The van der Waals surface area contributed by atoms with Gasteiger partial charge in [0.1, 0.15) is 12.4 Å². The van der Waals surface area contributed by atoms with Crippen molar-refractivity contribution in [1.82, 2.24) is 20.4 Å². The second-order valence-corrected chi connectivity index (χ2v) is 5.21. The molecule has 0 unspecified atom stereocenters. The lowest BCUT2D eigenvalue weighted by atomic mass is 10.2. The Kier molecular flexibility index (Phi) is 9.93. The predicted molar refractivity (Wildman–Crippen MR) is 109 cm³/mol. The number of methoxy groups -OCH3 is 1. The second kappa shape index (κ2) is 11.7. The molecule has 0 saturated carbocycles. The van der Waals surface area contributed by atoms with E-state index in [0.717, 1.165) is 23.0 Å². The van der Waals surface area contributed by atoms with Crippen molar-refractivity contribution in [2.24, 2.45) is 12.0 Å². The summed E-state index contributed by atoms with van der Waals surface area (Å²) < 4.78 is 12.4. The highest BCUT2D eigenvalue weighted by atomic mass is 127. The lowest BCUT2D eigenvalue weighted by Gasteiger charge is -2.13. The fourth-order valence-corrected chi connectivity index (χ4v) is 2.14. The van der Waals surface area contributed by atoms with Crippen LogP contribution in [0.2, 0.25) is 0 Å². The summed E-state index contributed by atoms with van der Waals surface area (Å²) in [4.78, 5) is 4.23. The maximum atomic E-state index is 5.62. The SMILES string of the molecule is CN=C(NCc1cccc(OCCOC)c1)NCc1ccnn1C.I. The van der Waals surface area contributed by atoms with Crippen LogP contribution in [0.15, 0.2) is 41.5 Å². The minimum Gasteiger partial charge on any atom is -0.491 e. The van der Waals surface area contributed by atoms with E-state index < -0.39 is 0 Å².